The van der Waals surface area contributed by atoms with Crippen LogP contribution in [0, 0.1) is 5.82 Å². The van der Waals surface area contributed by atoms with Gasteiger partial charge in [-0.3, -0.25) is 9.69 Å². The molecule has 0 spiro atoms. The van der Waals surface area contributed by atoms with Crippen LogP contribution in [0.3, 0.4) is 0 Å². The lowest BCUT2D eigenvalue weighted by Crippen LogP contribution is -2.46. The first-order chi connectivity index (χ1) is 12.7. The second-order valence-electron chi connectivity index (χ2n) is 6.76. The summed E-state index contributed by atoms with van der Waals surface area (Å²) in [6.07, 6.45) is 0.765. The van der Waals surface area contributed by atoms with Crippen LogP contribution in [0.2, 0.25) is 0 Å². The Balaban J connectivity index is 1.46. The van der Waals surface area contributed by atoms with Gasteiger partial charge in [0.05, 0.1) is 30.4 Å². The minimum absolute atomic E-state index is 0.0265. The van der Waals surface area contributed by atoms with E-state index < -0.39 is 0 Å². The number of nitrogens with one attached hydrogen (secondary N) is 1. The highest BCUT2D eigenvalue weighted by molar-refractivity contribution is 5.94. The van der Waals surface area contributed by atoms with E-state index in [4.69, 9.17) is 9.47 Å². The number of hydrogen-bond donors (Lipinski definition) is 1. The number of nitrogens with zero attached hydrogens (tertiary/aromatic N) is 3. The van der Waals surface area contributed by atoms with Gasteiger partial charge in [0.2, 0.25) is 0 Å². The van der Waals surface area contributed by atoms with Crippen LogP contribution >= 0.6 is 0 Å². The molecule has 4 rings (SSSR count). The maximum atomic E-state index is 13.4. The Morgan fingerprint density at radius 3 is 2.96 bits per heavy atom. The number of H-pyrrole nitrogens is 1. The number of imidazole rings is 1. The van der Waals surface area contributed by atoms with Gasteiger partial charge in [-0.05, 0) is 24.6 Å². The van der Waals surface area contributed by atoms with Crippen molar-refractivity contribution in [2.75, 3.05) is 52.5 Å². The van der Waals surface area contributed by atoms with Gasteiger partial charge in [-0.2, -0.15) is 0 Å². The van der Waals surface area contributed by atoms with Gasteiger partial charge in [-0.25, -0.2) is 9.37 Å². The van der Waals surface area contributed by atoms with Crippen LogP contribution in [-0.2, 0) is 9.47 Å². The number of aromatic amines is 1. The molecule has 26 heavy (non-hydrogen) atoms. The maximum absolute atomic E-state index is 13.4. The van der Waals surface area contributed by atoms with Gasteiger partial charge in [0.15, 0.2) is 5.82 Å². The SMILES string of the molecule is O=C(c1nc2ccc(F)cc2[nH]1)N1CCCOC(CN2CCOCC2)C1. The zero-order chi connectivity index (χ0) is 17.9. The quantitative estimate of drug-likeness (QED) is 0.890. The van der Waals surface area contributed by atoms with Gasteiger partial charge in [0, 0.05) is 39.3 Å². The van der Waals surface area contributed by atoms with E-state index in [1.165, 1.54) is 12.1 Å². The van der Waals surface area contributed by atoms with Crippen molar-refractivity contribution in [3.63, 3.8) is 0 Å². The first kappa shape index (κ1) is 17.4. The number of aromatic nitrogens is 2. The van der Waals surface area contributed by atoms with E-state index >= 15 is 0 Å². The minimum Gasteiger partial charge on any atom is -0.379 e. The summed E-state index contributed by atoms with van der Waals surface area (Å²) in [5, 5.41) is 0. The van der Waals surface area contributed by atoms with Crippen molar-refractivity contribution >= 4 is 16.9 Å². The lowest BCUT2D eigenvalue weighted by Gasteiger charge is -2.31. The van der Waals surface area contributed by atoms with E-state index in [1.54, 1.807) is 11.0 Å². The number of morpholine rings is 1. The van der Waals surface area contributed by atoms with Crippen LogP contribution in [0.15, 0.2) is 18.2 Å². The lowest BCUT2D eigenvalue weighted by atomic mass is 10.2. The van der Waals surface area contributed by atoms with Gasteiger partial charge < -0.3 is 19.4 Å². The van der Waals surface area contributed by atoms with Crippen LogP contribution in [0.1, 0.15) is 17.0 Å². The van der Waals surface area contributed by atoms with Crippen molar-refractivity contribution < 1.29 is 18.7 Å². The number of rotatable bonds is 3. The summed E-state index contributed by atoms with van der Waals surface area (Å²) >= 11 is 0. The zero-order valence-electron chi connectivity index (χ0n) is 14.6. The first-order valence-electron chi connectivity index (χ1n) is 9.05. The third-order valence-electron chi connectivity index (χ3n) is 4.85. The zero-order valence-corrected chi connectivity index (χ0v) is 14.6. The van der Waals surface area contributed by atoms with Crippen LogP contribution in [0.25, 0.3) is 11.0 Å². The molecular weight excluding hydrogens is 339 g/mol. The van der Waals surface area contributed by atoms with Crippen molar-refractivity contribution in [1.82, 2.24) is 19.8 Å². The summed E-state index contributed by atoms with van der Waals surface area (Å²) in [7, 11) is 0. The molecule has 2 aliphatic rings. The van der Waals surface area contributed by atoms with Crippen molar-refractivity contribution in [3.05, 3.63) is 29.8 Å². The molecule has 2 fully saturated rings. The number of hydrogen-bond acceptors (Lipinski definition) is 5. The molecular formula is C18H23FN4O3. The smallest absolute Gasteiger partial charge is 0.289 e. The Morgan fingerprint density at radius 1 is 1.27 bits per heavy atom. The maximum Gasteiger partial charge on any atom is 0.289 e. The predicted molar refractivity (Wildman–Crippen MR) is 93.6 cm³/mol. The Morgan fingerprint density at radius 2 is 2.12 bits per heavy atom. The van der Waals surface area contributed by atoms with Gasteiger partial charge in [-0.15, -0.1) is 0 Å². The second kappa shape index (κ2) is 7.69. The summed E-state index contributed by atoms with van der Waals surface area (Å²) in [6, 6.07) is 4.27. The molecule has 7 nitrogen and oxygen atoms in total. The summed E-state index contributed by atoms with van der Waals surface area (Å²) in [4.78, 5) is 24.2. The molecule has 1 aromatic carbocycles. The summed E-state index contributed by atoms with van der Waals surface area (Å²) in [5.74, 6) is -0.273. The molecule has 2 aromatic rings. The van der Waals surface area contributed by atoms with E-state index in [1.807, 2.05) is 0 Å². The Hall–Kier alpha value is -2.03. The van der Waals surface area contributed by atoms with Crippen molar-refractivity contribution in [2.45, 2.75) is 12.5 Å². The van der Waals surface area contributed by atoms with Crippen molar-refractivity contribution in [2.24, 2.45) is 0 Å². The Labute approximate surface area is 151 Å². The summed E-state index contributed by atoms with van der Waals surface area (Å²) in [5.41, 5.74) is 1.12. The first-order valence-corrected chi connectivity index (χ1v) is 9.05. The highest BCUT2D eigenvalue weighted by Gasteiger charge is 2.27. The third kappa shape index (κ3) is 3.87. The fourth-order valence-electron chi connectivity index (χ4n) is 3.49. The molecule has 0 aliphatic carbocycles. The molecule has 1 amide bonds. The van der Waals surface area contributed by atoms with Crippen LogP contribution in [0.4, 0.5) is 4.39 Å². The molecule has 0 saturated carbocycles. The number of halogens is 1. The summed E-state index contributed by atoms with van der Waals surface area (Å²) < 4.78 is 24.7. The van der Waals surface area contributed by atoms with E-state index in [-0.39, 0.29) is 23.7 Å². The fraction of sp³-hybridized carbons (Fsp3) is 0.556. The molecule has 1 N–H and O–H groups in total. The monoisotopic (exact) mass is 362 g/mol. The fourth-order valence-corrected chi connectivity index (χ4v) is 3.49. The number of ether oxygens (including phenoxy) is 2. The molecule has 3 heterocycles. The predicted octanol–water partition coefficient (Wildman–Crippen LogP) is 1.27. The number of amides is 1. The largest absolute Gasteiger partial charge is 0.379 e. The topological polar surface area (TPSA) is 70.7 Å². The normalized spacial score (nSPS) is 22.5. The van der Waals surface area contributed by atoms with Gasteiger partial charge in [0.25, 0.3) is 5.91 Å². The van der Waals surface area contributed by atoms with E-state index in [0.717, 1.165) is 39.3 Å². The molecule has 8 heteroatoms. The minimum atomic E-state index is -0.353. The Kier molecular flexibility index (Phi) is 5.14. The van der Waals surface area contributed by atoms with Crippen molar-refractivity contribution in [3.8, 4) is 0 Å². The number of carbonyl (C=O) groups excluding carboxylic acids is 1. The average molecular weight is 362 g/mol. The molecule has 0 radical (unpaired) electrons. The van der Waals surface area contributed by atoms with Crippen LogP contribution < -0.4 is 0 Å². The molecule has 1 aromatic heterocycles. The van der Waals surface area contributed by atoms with E-state index in [0.29, 0.717) is 30.7 Å². The molecule has 2 aliphatic heterocycles. The highest BCUT2D eigenvalue weighted by atomic mass is 19.1. The molecule has 1 unspecified atom stereocenters. The molecule has 140 valence electrons. The standard InChI is InChI=1S/C18H23FN4O3/c19-13-2-3-15-16(10-13)21-17(20-15)18(24)23-4-1-7-26-14(12-23)11-22-5-8-25-9-6-22/h2-3,10,14H,1,4-9,11-12H2,(H,20,21). The van der Waals surface area contributed by atoms with E-state index in [9.17, 15) is 9.18 Å². The van der Waals surface area contributed by atoms with Gasteiger partial charge in [-0.1, -0.05) is 0 Å². The number of carbonyl (C=O) groups is 1. The third-order valence-corrected chi connectivity index (χ3v) is 4.85. The lowest BCUT2D eigenvalue weighted by molar-refractivity contribution is -0.0113. The highest BCUT2D eigenvalue weighted by Crippen LogP contribution is 2.16. The van der Waals surface area contributed by atoms with E-state index in [2.05, 4.69) is 14.9 Å². The summed E-state index contributed by atoms with van der Waals surface area (Å²) in [6.45, 7) is 5.86. The number of benzene rings is 1. The van der Waals surface area contributed by atoms with Gasteiger partial charge >= 0.3 is 0 Å². The second-order valence-corrected chi connectivity index (χ2v) is 6.76. The molecule has 0 bridgehead atoms. The average Bonchev–Trinajstić information content (AvgIpc) is 2.93. The molecule has 1 atom stereocenters. The molecule has 2 saturated heterocycles. The van der Waals surface area contributed by atoms with Crippen molar-refractivity contribution in [1.29, 1.82) is 0 Å². The number of fused-ring (bicyclic) bond motifs is 1. The van der Waals surface area contributed by atoms with Gasteiger partial charge in [0.1, 0.15) is 5.82 Å². The Bertz CT molecular complexity index is 775. The van der Waals surface area contributed by atoms with Crippen LogP contribution in [0.5, 0.6) is 0 Å². The van der Waals surface area contributed by atoms with Crippen LogP contribution in [-0.4, -0.2) is 84.3 Å².